The van der Waals surface area contributed by atoms with Gasteiger partial charge < -0.3 is 13.9 Å². The predicted molar refractivity (Wildman–Crippen MR) is 83.0 cm³/mol. The van der Waals surface area contributed by atoms with Crippen molar-refractivity contribution in [2.45, 2.75) is 13.5 Å². The normalized spacial score (nSPS) is 10.7. The summed E-state index contributed by atoms with van der Waals surface area (Å²) in [6.45, 7) is 1.80. The molecular weight excluding hydrogens is 299 g/mol. The van der Waals surface area contributed by atoms with Crippen molar-refractivity contribution in [2.24, 2.45) is 0 Å². The number of fused-ring (bicyclic) bond motifs is 1. The van der Waals surface area contributed by atoms with Gasteiger partial charge in [-0.3, -0.25) is 0 Å². The number of methoxy groups -OCH3 is 1. The van der Waals surface area contributed by atoms with Crippen LogP contribution < -0.4 is 4.74 Å². The number of carbonyl (C=O) groups is 1. The van der Waals surface area contributed by atoms with Gasteiger partial charge in [0, 0.05) is 10.9 Å². The molecule has 0 aliphatic rings. The van der Waals surface area contributed by atoms with Gasteiger partial charge in [0.05, 0.1) is 7.11 Å². The van der Waals surface area contributed by atoms with Crippen LogP contribution in [0.4, 0.5) is 4.39 Å². The third kappa shape index (κ3) is 2.90. The highest BCUT2D eigenvalue weighted by Gasteiger charge is 2.19. The second-order valence-electron chi connectivity index (χ2n) is 5.06. The Balaban J connectivity index is 1.90. The highest BCUT2D eigenvalue weighted by Crippen LogP contribution is 2.30. The number of benzene rings is 2. The SMILES string of the molecule is COC(=O)c1c(C)oc2ccc(OCc3ccccc3F)cc12. The molecule has 1 heterocycles. The minimum absolute atomic E-state index is 0.0998. The molecule has 0 unspecified atom stereocenters. The summed E-state index contributed by atoms with van der Waals surface area (Å²) in [4.78, 5) is 11.9. The van der Waals surface area contributed by atoms with E-state index in [0.29, 0.717) is 33.6 Å². The first-order valence-corrected chi connectivity index (χ1v) is 7.08. The summed E-state index contributed by atoms with van der Waals surface area (Å²) in [5.74, 6) is 0.222. The number of esters is 1. The first kappa shape index (κ1) is 15.1. The molecule has 0 amide bonds. The monoisotopic (exact) mass is 314 g/mol. The molecule has 3 aromatic rings. The molecule has 0 N–H and O–H groups in total. The Morgan fingerprint density at radius 2 is 2.00 bits per heavy atom. The van der Waals surface area contributed by atoms with E-state index in [4.69, 9.17) is 13.9 Å². The van der Waals surface area contributed by atoms with Gasteiger partial charge >= 0.3 is 5.97 Å². The molecule has 0 aliphatic heterocycles. The van der Waals surface area contributed by atoms with E-state index in [1.807, 2.05) is 0 Å². The first-order valence-electron chi connectivity index (χ1n) is 7.08. The first-order chi connectivity index (χ1) is 11.1. The van der Waals surface area contributed by atoms with E-state index >= 15 is 0 Å². The van der Waals surface area contributed by atoms with Crippen molar-refractivity contribution in [1.29, 1.82) is 0 Å². The third-order valence-electron chi connectivity index (χ3n) is 3.58. The number of halogens is 1. The van der Waals surface area contributed by atoms with Crippen LogP contribution in [0.3, 0.4) is 0 Å². The number of carbonyl (C=O) groups excluding carboxylic acids is 1. The zero-order valence-electron chi connectivity index (χ0n) is 12.8. The van der Waals surface area contributed by atoms with Crippen molar-refractivity contribution in [3.8, 4) is 5.75 Å². The van der Waals surface area contributed by atoms with Gasteiger partial charge in [0.25, 0.3) is 0 Å². The van der Waals surface area contributed by atoms with Crippen molar-refractivity contribution in [1.82, 2.24) is 0 Å². The fourth-order valence-electron chi connectivity index (χ4n) is 2.42. The van der Waals surface area contributed by atoms with E-state index in [0.717, 1.165) is 0 Å². The van der Waals surface area contributed by atoms with E-state index in [9.17, 15) is 9.18 Å². The number of ether oxygens (including phenoxy) is 2. The minimum atomic E-state index is -0.465. The van der Waals surface area contributed by atoms with Crippen molar-refractivity contribution in [2.75, 3.05) is 7.11 Å². The Morgan fingerprint density at radius 1 is 1.22 bits per heavy atom. The maximum absolute atomic E-state index is 13.6. The topological polar surface area (TPSA) is 48.7 Å². The summed E-state index contributed by atoms with van der Waals surface area (Å²) in [7, 11) is 1.32. The van der Waals surface area contributed by atoms with Gasteiger partial charge in [0.2, 0.25) is 0 Å². The molecule has 0 bridgehead atoms. The van der Waals surface area contributed by atoms with Crippen molar-refractivity contribution in [3.05, 3.63) is 65.2 Å². The predicted octanol–water partition coefficient (Wildman–Crippen LogP) is 4.25. The van der Waals surface area contributed by atoms with Gasteiger partial charge in [-0.2, -0.15) is 0 Å². The molecule has 0 radical (unpaired) electrons. The van der Waals surface area contributed by atoms with Crippen LogP contribution in [0.5, 0.6) is 5.75 Å². The lowest BCUT2D eigenvalue weighted by atomic mass is 10.1. The Labute approximate surface area is 132 Å². The van der Waals surface area contributed by atoms with E-state index in [2.05, 4.69) is 0 Å². The molecule has 1 aromatic heterocycles. The second kappa shape index (κ2) is 6.12. The number of rotatable bonds is 4. The molecule has 23 heavy (non-hydrogen) atoms. The Kier molecular flexibility index (Phi) is 4.02. The summed E-state index contributed by atoms with van der Waals surface area (Å²) < 4.78 is 29.6. The van der Waals surface area contributed by atoms with Crippen LogP contribution in [0.25, 0.3) is 11.0 Å². The number of hydrogen-bond acceptors (Lipinski definition) is 4. The van der Waals surface area contributed by atoms with E-state index in [1.54, 1.807) is 43.3 Å². The Hall–Kier alpha value is -2.82. The van der Waals surface area contributed by atoms with Crippen LogP contribution in [0.2, 0.25) is 0 Å². The van der Waals surface area contributed by atoms with Crippen molar-refractivity contribution in [3.63, 3.8) is 0 Å². The van der Waals surface area contributed by atoms with E-state index in [-0.39, 0.29) is 12.4 Å². The molecule has 0 saturated heterocycles. The molecule has 118 valence electrons. The minimum Gasteiger partial charge on any atom is -0.489 e. The average molecular weight is 314 g/mol. The molecule has 4 nitrogen and oxygen atoms in total. The molecule has 0 saturated carbocycles. The number of furan rings is 1. The highest BCUT2D eigenvalue weighted by molar-refractivity contribution is 6.04. The molecule has 2 aromatic carbocycles. The maximum Gasteiger partial charge on any atom is 0.342 e. The number of hydrogen-bond donors (Lipinski definition) is 0. The van der Waals surface area contributed by atoms with Gasteiger partial charge in [-0.25, -0.2) is 9.18 Å². The summed E-state index contributed by atoms with van der Waals surface area (Å²) in [5, 5.41) is 0.611. The average Bonchev–Trinajstić information content (AvgIpc) is 2.88. The Bertz CT molecular complexity index is 867. The van der Waals surface area contributed by atoms with Crippen LogP contribution in [0.1, 0.15) is 21.7 Å². The summed E-state index contributed by atoms with van der Waals surface area (Å²) in [6.07, 6.45) is 0. The highest BCUT2D eigenvalue weighted by atomic mass is 19.1. The summed E-state index contributed by atoms with van der Waals surface area (Å²) >= 11 is 0. The summed E-state index contributed by atoms with van der Waals surface area (Å²) in [6, 6.07) is 11.5. The molecule has 5 heteroatoms. The van der Waals surface area contributed by atoms with E-state index < -0.39 is 5.97 Å². The summed E-state index contributed by atoms with van der Waals surface area (Å²) in [5.41, 5.74) is 1.41. The molecule has 0 atom stereocenters. The van der Waals surface area contributed by atoms with Gasteiger partial charge in [0.15, 0.2) is 0 Å². The zero-order valence-corrected chi connectivity index (χ0v) is 12.8. The maximum atomic E-state index is 13.6. The van der Waals surface area contributed by atoms with E-state index in [1.165, 1.54) is 13.2 Å². The molecule has 0 spiro atoms. The smallest absolute Gasteiger partial charge is 0.342 e. The van der Waals surface area contributed by atoms with Gasteiger partial charge in [-0.05, 0) is 31.2 Å². The molecule has 0 fully saturated rings. The Morgan fingerprint density at radius 3 is 2.74 bits per heavy atom. The lowest BCUT2D eigenvalue weighted by Crippen LogP contribution is -2.02. The van der Waals surface area contributed by atoms with Crippen LogP contribution in [0, 0.1) is 12.7 Å². The largest absolute Gasteiger partial charge is 0.489 e. The quantitative estimate of drug-likeness (QED) is 0.676. The third-order valence-corrected chi connectivity index (χ3v) is 3.58. The molecule has 3 rings (SSSR count). The zero-order chi connectivity index (χ0) is 16.4. The van der Waals surface area contributed by atoms with Gasteiger partial charge in [-0.1, -0.05) is 18.2 Å². The lowest BCUT2D eigenvalue weighted by Gasteiger charge is -2.07. The fourth-order valence-corrected chi connectivity index (χ4v) is 2.42. The second-order valence-corrected chi connectivity index (χ2v) is 5.06. The van der Waals surface area contributed by atoms with Gasteiger partial charge in [0.1, 0.15) is 35.1 Å². The van der Waals surface area contributed by atoms with Crippen molar-refractivity contribution >= 4 is 16.9 Å². The lowest BCUT2D eigenvalue weighted by molar-refractivity contribution is 0.0600. The van der Waals surface area contributed by atoms with Crippen LogP contribution in [-0.2, 0) is 11.3 Å². The van der Waals surface area contributed by atoms with Crippen LogP contribution in [0.15, 0.2) is 46.9 Å². The van der Waals surface area contributed by atoms with Crippen LogP contribution >= 0.6 is 0 Å². The molecular formula is C18H15FO4. The van der Waals surface area contributed by atoms with Crippen molar-refractivity contribution < 1.29 is 23.1 Å². The molecule has 0 aliphatic carbocycles. The fraction of sp³-hybridized carbons (Fsp3) is 0.167. The van der Waals surface area contributed by atoms with Crippen LogP contribution in [-0.4, -0.2) is 13.1 Å². The standard InChI is InChI=1S/C18H15FO4/c1-11-17(18(20)21-2)14-9-13(7-8-16(14)23-11)22-10-12-5-3-4-6-15(12)19/h3-9H,10H2,1-2H3. The number of aryl methyl sites for hydroxylation is 1. The van der Waals surface area contributed by atoms with Gasteiger partial charge in [-0.15, -0.1) is 0 Å².